The third-order valence-corrected chi connectivity index (χ3v) is 3.77. The molecule has 1 aliphatic rings. The average Bonchev–Trinajstić information content (AvgIpc) is 2.30. The molecule has 1 N–H and O–H groups in total. The lowest BCUT2D eigenvalue weighted by atomic mass is 9.89. The Bertz CT molecular complexity index is 159. The molecule has 0 heterocycles. The number of hydrogen-bond acceptors (Lipinski definition) is 2. The van der Waals surface area contributed by atoms with Crippen molar-refractivity contribution in [3.63, 3.8) is 0 Å². The van der Waals surface area contributed by atoms with Crippen molar-refractivity contribution in [3.05, 3.63) is 0 Å². The number of nitrogens with one attached hydrogen (secondary N) is 1. The van der Waals surface area contributed by atoms with Gasteiger partial charge >= 0.3 is 0 Å². The first-order valence-corrected chi connectivity index (χ1v) is 6.74. The zero-order chi connectivity index (χ0) is 11.1. The van der Waals surface area contributed by atoms with Crippen LogP contribution in [-0.2, 0) is 0 Å². The lowest BCUT2D eigenvalue weighted by Crippen LogP contribution is -2.51. The highest BCUT2D eigenvalue weighted by molar-refractivity contribution is 4.87. The van der Waals surface area contributed by atoms with Crippen LogP contribution in [0.3, 0.4) is 0 Å². The molecule has 0 bridgehead atoms. The summed E-state index contributed by atoms with van der Waals surface area (Å²) in [6.07, 6.45) is 8.25. The Hall–Kier alpha value is -0.0800. The zero-order valence-electron chi connectivity index (χ0n) is 10.8. The molecule has 0 radical (unpaired) electrons. The van der Waals surface area contributed by atoms with E-state index in [0.717, 1.165) is 12.1 Å². The second-order valence-electron chi connectivity index (χ2n) is 4.73. The molecule has 0 aromatic carbocycles. The summed E-state index contributed by atoms with van der Waals surface area (Å²) in [5.41, 5.74) is 0. The smallest absolute Gasteiger partial charge is 0.0249 e. The Balaban J connectivity index is 2.47. The number of likely N-dealkylation sites (N-methyl/N-ethyl adjacent to an activating group) is 2. The van der Waals surface area contributed by atoms with Crippen LogP contribution in [0.5, 0.6) is 0 Å². The third kappa shape index (κ3) is 3.76. The highest BCUT2D eigenvalue weighted by atomic mass is 15.2. The third-order valence-electron chi connectivity index (χ3n) is 3.77. The molecule has 0 amide bonds. The van der Waals surface area contributed by atoms with Crippen molar-refractivity contribution in [2.75, 3.05) is 20.1 Å². The van der Waals surface area contributed by atoms with Crippen LogP contribution in [0.4, 0.5) is 0 Å². The van der Waals surface area contributed by atoms with Crippen LogP contribution in [0.25, 0.3) is 0 Å². The molecule has 1 aliphatic carbocycles. The lowest BCUT2D eigenvalue weighted by Gasteiger charge is -2.39. The van der Waals surface area contributed by atoms with Gasteiger partial charge in [0.05, 0.1) is 0 Å². The molecular weight excluding hydrogens is 184 g/mol. The molecule has 0 saturated heterocycles. The van der Waals surface area contributed by atoms with Gasteiger partial charge in [-0.15, -0.1) is 0 Å². The first kappa shape index (κ1) is 13.0. The van der Waals surface area contributed by atoms with Gasteiger partial charge in [0.25, 0.3) is 0 Å². The maximum Gasteiger partial charge on any atom is 0.0249 e. The van der Waals surface area contributed by atoms with Crippen molar-refractivity contribution in [2.24, 2.45) is 0 Å². The maximum absolute atomic E-state index is 3.50. The summed E-state index contributed by atoms with van der Waals surface area (Å²) in [6.45, 7) is 7.08. The molecule has 1 fully saturated rings. The first-order valence-electron chi connectivity index (χ1n) is 6.74. The van der Waals surface area contributed by atoms with Gasteiger partial charge in [-0.1, -0.05) is 33.1 Å². The van der Waals surface area contributed by atoms with Crippen molar-refractivity contribution >= 4 is 0 Å². The maximum atomic E-state index is 3.50. The fraction of sp³-hybridized carbons (Fsp3) is 1.00. The predicted octanol–water partition coefficient (Wildman–Crippen LogP) is 2.64. The lowest BCUT2D eigenvalue weighted by molar-refractivity contribution is 0.129. The van der Waals surface area contributed by atoms with Crippen LogP contribution in [-0.4, -0.2) is 37.1 Å². The van der Waals surface area contributed by atoms with Gasteiger partial charge in [-0.2, -0.15) is 0 Å². The van der Waals surface area contributed by atoms with Gasteiger partial charge in [-0.05, 0) is 39.4 Å². The van der Waals surface area contributed by atoms with Crippen LogP contribution in [0.1, 0.15) is 52.4 Å². The van der Waals surface area contributed by atoms with E-state index in [2.05, 4.69) is 31.1 Å². The van der Waals surface area contributed by atoms with Gasteiger partial charge in [0.2, 0.25) is 0 Å². The van der Waals surface area contributed by atoms with E-state index in [1.165, 1.54) is 51.6 Å². The minimum Gasteiger partial charge on any atom is -0.315 e. The number of nitrogens with zero attached hydrogens (tertiary/aromatic N) is 1. The Kier molecular flexibility index (Phi) is 6.26. The standard InChI is InChI=1S/C13H28N2/c1-4-6-11-15(5-2)13-10-8-7-9-12(13)14-3/h12-14H,4-11H2,1-3H3. The van der Waals surface area contributed by atoms with Gasteiger partial charge in [-0.25, -0.2) is 0 Å². The van der Waals surface area contributed by atoms with Crippen molar-refractivity contribution in [1.29, 1.82) is 0 Å². The molecule has 15 heavy (non-hydrogen) atoms. The molecule has 0 aromatic rings. The molecular formula is C13H28N2. The monoisotopic (exact) mass is 212 g/mol. The predicted molar refractivity (Wildman–Crippen MR) is 67.3 cm³/mol. The second kappa shape index (κ2) is 7.24. The molecule has 2 nitrogen and oxygen atoms in total. The van der Waals surface area contributed by atoms with Gasteiger partial charge in [0.1, 0.15) is 0 Å². The molecule has 0 spiro atoms. The molecule has 0 aromatic heterocycles. The van der Waals surface area contributed by atoms with Crippen LogP contribution >= 0.6 is 0 Å². The summed E-state index contributed by atoms with van der Waals surface area (Å²) in [5, 5.41) is 3.50. The van der Waals surface area contributed by atoms with E-state index in [-0.39, 0.29) is 0 Å². The van der Waals surface area contributed by atoms with E-state index < -0.39 is 0 Å². The average molecular weight is 212 g/mol. The fourth-order valence-corrected chi connectivity index (χ4v) is 2.80. The van der Waals surface area contributed by atoms with Gasteiger partial charge in [0.15, 0.2) is 0 Å². The van der Waals surface area contributed by atoms with Crippen molar-refractivity contribution < 1.29 is 0 Å². The molecule has 0 aliphatic heterocycles. The Morgan fingerprint density at radius 1 is 1.20 bits per heavy atom. The summed E-state index contributed by atoms with van der Waals surface area (Å²) < 4.78 is 0. The highest BCUT2D eigenvalue weighted by Crippen LogP contribution is 2.23. The van der Waals surface area contributed by atoms with Crippen molar-refractivity contribution in [3.8, 4) is 0 Å². The molecule has 2 heteroatoms. The Morgan fingerprint density at radius 2 is 1.93 bits per heavy atom. The minimum atomic E-state index is 0.732. The van der Waals surface area contributed by atoms with E-state index in [1.54, 1.807) is 0 Å². The van der Waals surface area contributed by atoms with Crippen LogP contribution in [0.2, 0.25) is 0 Å². The van der Waals surface area contributed by atoms with Crippen LogP contribution < -0.4 is 5.32 Å². The van der Waals surface area contributed by atoms with Crippen LogP contribution in [0, 0.1) is 0 Å². The molecule has 2 unspecified atom stereocenters. The van der Waals surface area contributed by atoms with E-state index in [9.17, 15) is 0 Å². The summed E-state index contributed by atoms with van der Waals surface area (Å²) in [7, 11) is 2.12. The van der Waals surface area contributed by atoms with Crippen LogP contribution in [0.15, 0.2) is 0 Å². The van der Waals surface area contributed by atoms with E-state index >= 15 is 0 Å². The topological polar surface area (TPSA) is 15.3 Å². The summed E-state index contributed by atoms with van der Waals surface area (Å²) in [6, 6.07) is 1.52. The van der Waals surface area contributed by atoms with Crippen molar-refractivity contribution in [1.82, 2.24) is 10.2 Å². The molecule has 1 rings (SSSR count). The molecule has 2 atom stereocenters. The fourth-order valence-electron chi connectivity index (χ4n) is 2.80. The quantitative estimate of drug-likeness (QED) is 0.728. The van der Waals surface area contributed by atoms with Gasteiger partial charge < -0.3 is 5.32 Å². The highest BCUT2D eigenvalue weighted by Gasteiger charge is 2.27. The summed E-state index contributed by atoms with van der Waals surface area (Å²) in [5.74, 6) is 0. The number of rotatable bonds is 6. The zero-order valence-corrected chi connectivity index (χ0v) is 10.8. The SMILES string of the molecule is CCCCN(CC)C1CCCCC1NC. The number of hydrogen-bond donors (Lipinski definition) is 1. The Labute approximate surface area is 95.4 Å². The van der Waals surface area contributed by atoms with E-state index in [0.29, 0.717) is 0 Å². The largest absolute Gasteiger partial charge is 0.315 e. The Morgan fingerprint density at radius 3 is 2.53 bits per heavy atom. The molecule has 90 valence electrons. The second-order valence-corrected chi connectivity index (χ2v) is 4.73. The summed E-state index contributed by atoms with van der Waals surface area (Å²) in [4.78, 5) is 2.68. The normalized spacial score (nSPS) is 27.2. The first-order chi connectivity index (χ1) is 7.33. The van der Waals surface area contributed by atoms with E-state index in [4.69, 9.17) is 0 Å². The molecule has 1 saturated carbocycles. The number of unbranched alkanes of at least 4 members (excludes halogenated alkanes) is 1. The summed E-state index contributed by atoms with van der Waals surface area (Å²) >= 11 is 0. The van der Waals surface area contributed by atoms with E-state index in [1.807, 2.05) is 0 Å². The van der Waals surface area contributed by atoms with Gasteiger partial charge in [-0.3, -0.25) is 4.90 Å². The van der Waals surface area contributed by atoms with Crippen molar-refractivity contribution in [2.45, 2.75) is 64.5 Å². The van der Waals surface area contributed by atoms with Gasteiger partial charge in [0, 0.05) is 12.1 Å². The minimum absolute atomic E-state index is 0.732.